The number of nitrogens with one attached hydrogen (secondary N) is 1. The zero-order chi connectivity index (χ0) is 23.0. The van der Waals surface area contributed by atoms with Gasteiger partial charge >= 0.3 is 0 Å². The van der Waals surface area contributed by atoms with Crippen LogP contribution in [0.2, 0.25) is 5.02 Å². The number of hydrogen-bond donors (Lipinski definition) is 1. The lowest BCUT2D eigenvalue weighted by Gasteiger charge is -2.31. The summed E-state index contributed by atoms with van der Waals surface area (Å²) in [4.78, 5) is 27.6. The van der Waals surface area contributed by atoms with Gasteiger partial charge in [-0.1, -0.05) is 35.9 Å². The van der Waals surface area contributed by atoms with Crippen molar-refractivity contribution in [2.75, 3.05) is 12.9 Å². The maximum Gasteiger partial charge on any atom is 0.242 e. The molecule has 5 nitrogen and oxygen atoms in total. The average Bonchev–Trinajstić information content (AvgIpc) is 2.71. The Labute approximate surface area is 194 Å². The van der Waals surface area contributed by atoms with Gasteiger partial charge in [-0.2, -0.15) is 0 Å². The zero-order valence-corrected chi connectivity index (χ0v) is 20.3. The van der Waals surface area contributed by atoms with Gasteiger partial charge in [0.2, 0.25) is 11.8 Å². The smallest absolute Gasteiger partial charge is 0.242 e. The highest BCUT2D eigenvalue weighted by atomic mass is 35.5. The van der Waals surface area contributed by atoms with Crippen LogP contribution < -0.4 is 10.1 Å². The van der Waals surface area contributed by atoms with Crippen LogP contribution in [-0.2, 0) is 21.9 Å². The highest BCUT2D eigenvalue weighted by Gasteiger charge is 2.28. The molecule has 0 heterocycles. The fourth-order valence-electron chi connectivity index (χ4n) is 2.94. The van der Waals surface area contributed by atoms with E-state index in [2.05, 4.69) is 5.32 Å². The van der Waals surface area contributed by atoms with Crippen molar-refractivity contribution in [2.45, 2.75) is 51.6 Å². The standard InChI is InChI=1S/C24H31ClN2O3S/c1-17(23(29)26-24(2,3)4)27(14-19-7-6-8-21(13-19)30-5)22(28)16-31-15-18-9-11-20(25)12-10-18/h6-13,17H,14-16H2,1-5H3,(H,26,29)/t17-/m1/s1. The highest BCUT2D eigenvalue weighted by Crippen LogP contribution is 2.19. The second kappa shape index (κ2) is 11.4. The van der Waals surface area contributed by atoms with Gasteiger partial charge in [-0.05, 0) is 63.1 Å². The van der Waals surface area contributed by atoms with Crippen LogP contribution in [0.15, 0.2) is 48.5 Å². The Kier molecular flexibility index (Phi) is 9.26. The van der Waals surface area contributed by atoms with Gasteiger partial charge < -0.3 is 15.0 Å². The summed E-state index contributed by atoms with van der Waals surface area (Å²) in [5.41, 5.74) is 1.63. The van der Waals surface area contributed by atoms with Gasteiger partial charge in [0.1, 0.15) is 11.8 Å². The SMILES string of the molecule is COc1cccc(CN(C(=O)CSCc2ccc(Cl)cc2)[C@H](C)C(=O)NC(C)(C)C)c1. The maximum atomic E-state index is 13.1. The fraction of sp³-hybridized carbons (Fsp3) is 0.417. The van der Waals surface area contributed by atoms with Gasteiger partial charge in [0.15, 0.2) is 0 Å². The largest absolute Gasteiger partial charge is 0.497 e. The van der Waals surface area contributed by atoms with E-state index < -0.39 is 6.04 Å². The van der Waals surface area contributed by atoms with Crippen molar-refractivity contribution in [3.8, 4) is 5.75 Å². The van der Waals surface area contributed by atoms with Crippen molar-refractivity contribution in [1.29, 1.82) is 0 Å². The summed E-state index contributed by atoms with van der Waals surface area (Å²) >= 11 is 7.45. The quantitative estimate of drug-likeness (QED) is 0.575. The van der Waals surface area contributed by atoms with Crippen molar-refractivity contribution in [3.05, 3.63) is 64.7 Å². The molecule has 0 bridgehead atoms. The molecule has 0 spiro atoms. The maximum absolute atomic E-state index is 13.1. The van der Waals surface area contributed by atoms with Crippen LogP contribution in [0.3, 0.4) is 0 Å². The normalized spacial score (nSPS) is 12.2. The van der Waals surface area contributed by atoms with E-state index in [1.165, 1.54) is 11.8 Å². The molecule has 0 aliphatic rings. The third-order valence-electron chi connectivity index (χ3n) is 4.56. The highest BCUT2D eigenvalue weighted by molar-refractivity contribution is 7.99. The molecule has 0 aliphatic heterocycles. The molecule has 168 valence electrons. The van der Waals surface area contributed by atoms with Gasteiger partial charge in [-0.25, -0.2) is 0 Å². The molecule has 0 saturated carbocycles. The minimum absolute atomic E-state index is 0.0849. The number of halogens is 1. The van der Waals surface area contributed by atoms with E-state index in [1.807, 2.05) is 69.3 Å². The molecule has 0 saturated heterocycles. The van der Waals surface area contributed by atoms with Gasteiger partial charge in [0.25, 0.3) is 0 Å². The van der Waals surface area contributed by atoms with E-state index in [0.717, 1.165) is 11.1 Å². The summed E-state index contributed by atoms with van der Waals surface area (Å²) in [6, 6.07) is 14.5. The summed E-state index contributed by atoms with van der Waals surface area (Å²) in [6.45, 7) is 7.87. The minimum Gasteiger partial charge on any atom is -0.497 e. The van der Waals surface area contributed by atoms with E-state index in [-0.39, 0.29) is 23.1 Å². The molecule has 2 aromatic carbocycles. The summed E-state index contributed by atoms with van der Waals surface area (Å²) in [7, 11) is 1.61. The zero-order valence-electron chi connectivity index (χ0n) is 18.8. The number of thioether (sulfide) groups is 1. The molecule has 2 aromatic rings. The summed E-state index contributed by atoms with van der Waals surface area (Å²) < 4.78 is 5.30. The van der Waals surface area contributed by atoms with Gasteiger partial charge in [0, 0.05) is 22.9 Å². The molecule has 1 atom stereocenters. The number of hydrogen-bond acceptors (Lipinski definition) is 4. The minimum atomic E-state index is -0.603. The van der Waals surface area contributed by atoms with E-state index in [0.29, 0.717) is 23.1 Å². The first kappa shape index (κ1) is 25.1. The van der Waals surface area contributed by atoms with E-state index in [4.69, 9.17) is 16.3 Å². The molecule has 0 aromatic heterocycles. The Balaban J connectivity index is 2.11. The first-order valence-electron chi connectivity index (χ1n) is 10.2. The van der Waals surface area contributed by atoms with E-state index in [9.17, 15) is 9.59 Å². The molecule has 0 radical (unpaired) electrons. The van der Waals surface area contributed by atoms with Crippen LogP contribution >= 0.6 is 23.4 Å². The van der Waals surface area contributed by atoms with Gasteiger partial charge in [0.05, 0.1) is 12.9 Å². The topological polar surface area (TPSA) is 58.6 Å². The lowest BCUT2D eigenvalue weighted by Crippen LogP contribution is -2.52. The van der Waals surface area contributed by atoms with Crippen LogP contribution in [0.4, 0.5) is 0 Å². The summed E-state index contributed by atoms with van der Waals surface area (Å²) in [5, 5.41) is 3.66. The van der Waals surface area contributed by atoms with Crippen LogP contribution in [0.1, 0.15) is 38.8 Å². The van der Waals surface area contributed by atoms with Crippen molar-refractivity contribution in [3.63, 3.8) is 0 Å². The van der Waals surface area contributed by atoms with Crippen molar-refractivity contribution in [2.24, 2.45) is 0 Å². The van der Waals surface area contributed by atoms with Gasteiger partial charge in [-0.15, -0.1) is 11.8 Å². The average molecular weight is 463 g/mol. The molecule has 2 amide bonds. The summed E-state index contributed by atoms with van der Waals surface area (Å²) in [6.07, 6.45) is 0. The Morgan fingerprint density at radius 1 is 1.13 bits per heavy atom. The van der Waals surface area contributed by atoms with Crippen LogP contribution in [-0.4, -0.2) is 41.2 Å². The molecule has 2 rings (SSSR count). The number of methoxy groups -OCH3 is 1. The number of carbonyl (C=O) groups is 2. The van der Waals surface area contributed by atoms with Gasteiger partial charge in [-0.3, -0.25) is 9.59 Å². The Morgan fingerprint density at radius 3 is 2.42 bits per heavy atom. The molecule has 7 heteroatoms. The predicted octanol–water partition coefficient (Wildman–Crippen LogP) is 4.91. The van der Waals surface area contributed by atoms with Crippen LogP contribution in [0, 0.1) is 0 Å². The molecule has 1 N–H and O–H groups in total. The van der Waals surface area contributed by atoms with Crippen LogP contribution in [0.25, 0.3) is 0 Å². The second-order valence-corrected chi connectivity index (χ2v) is 9.83. The van der Waals surface area contributed by atoms with Crippen LogP contribution in [0.5, 0.6) is 5.75 Å². The first-order valence-corrected chi connectivity index (χ1v) is 11.7. The Hall–Kier alpha value is -2.18. The lowest BCUT2D eigenvalue weighted by atomic mass is 10.1. The first-order chi connectivity index (χ1) is 14.6. The number of ether oxygens (including phenoxy) is 1. The Morgan fingerprint density at radius 2 is 1.81 bits per heavy atom. The number of benzene rings is 2. The van der Waals surface area contributed by atoms with Crippen molar-refractivity contribution >= 4 is 35.2 Å². The molecular weight excluding hydrogens is 432 g/mol. The monoisotopic (exact) mass is 462 g/mol. The molecule has 31 heavy (non-hydrogen) atoms. The molecule has 0 aliphatic carbocycles. The predicted molar refractivity (Wildman–Crippen MR) is 129 cm³/mol. The fourth-order valence-corrected chi connectivity index (χ4v) is 3.94. The summed E-state index contributed by atoms with van der Waals surface area (Å²) in [5.74, 6) is 1.43. The number of carbonyl (C=O) groups excluding carboxylic acids is 2. The lowest BCUT2D eigenvalue weighted by molar-refractivity contribution is -0.139. The molecule has 0 fully saturated rings. The number of amides is 2. The molecule has 0 unspecified atom stereocenters. The van der Waals surface area contributed by atoms with Crippen molar-refractivity contribution < 1.29 is 14.3 Å². The number of rotatable bonds is 9. The third kappa shape index (κ3) is 8.46. The van der Waals surface area contributed by atoms with E-state index >= 15 is 0 Å². The third-order valence-corrected chi connectivity index (χ3v) is 5.80. The Bertz CT molecular complexity index is 881. The van der Waals surface area contributed by atoms with Crippen molar-refractivity contribution in [1.82, 2.24) is 10.2 Å². The molecular formula is C24H31ClN2O3S. The number of nitrogens with zero attached hydrogens (tertiary/aromatic N) is 1. The van der Waals surface area contributed by atoms with E-state index in [1.54, 1.807) is 18.9 Å². The second-order valence-electron chi connectivity index (χ2n) is 8.41.